The number of aromatic hydroxyl groups is 4. The van der Waals surface area contributed by atoms with Crippen molar-refractivity contribution < 1.29 is 20.4 Å². The quantitative estimate of drug-likeness (QED) is 0.133. The summed E-state index contributed by atoms with van der Waals surface area (Å²) in [6.07, 6.45) is 0. The molecular weight excluding hydrogens is 816 g/mol. The normalized spacial score (nSPS) is 11.7. The van der Waals surface area contributed by atoms with Gasteiger partial charge in [0.25, 0.3) is 0 Å². The molecule has 0 saturated heterocycles. The Labute approximate surface area is 290 Å². The average molecular weight is 846 g/mol. The van der Waals surface area contributed by atoms with Crippen LogP contribution in [-0.4, -0.2) is 20.4 Å². The first kappa shape index (κ1) is 32.6. The van der Waals surface area contributed by atoms with Crippen LogP contribution in [0.25, 0.3) is 11.1 Å². The van der Waals surface area contributed by atoms with E-state index in [4.69, 9.17) is 0 Å². The van der Waals surface area contributed by atoms with Gasteiger partial charge in [0.05, 0.1) is 23.3 Å². The minimum absolute atomic E-state index is 0.149. The fourth-order valence-corrected chi connectivity index (χ4v) is 8.18. The van der Waals surface area contributed by atoms with Crippen LogP contribution in [0.1, 0.15) is 50.1 Å². The van der Waals surface area contributed by atoms with Gasteiger partial charge in [-0.1, -0.05) is 42.0 Å². The lowest BCUT2D eigenvalue weighted by atomic mass is 9.62. The summed E-state index contributed by atoms with van der Waals surface area (Å²) < 4.78 is 2.20. The lowest BCUT2D eigenvalue weighted by molar-refractivity contribution is 0.466. The molecule has 0 saturated carbocycles. The second kappa shape index (κ2) is 12.2. The van der Waals surface area contributed by atoms with Crippen LogP contribution in [0.5, 0.6) is 23.0 Å². The second-order valence-corrected chi connectivity index (χ2v) is 14.7. The number of rotatable bonds is 5. The molecule has 4 N–H and O–H groups in total. The number of hydrogen-bond acceptors (Lipinski definition) is 4. The fraction of sp³-hybridized carbons (Fsp3) is 0.167. The number of halogens is 4. The highest BCUT2D eigenvalue weighted by atomic mass is 79.9. The summed E-state index contributed by atoms with van der Waals surface area (Å²) in [7, 11) is 0. The van der Waals surface area contributed by atoms with E-state index in [0.29, 0.717) is 34.6 Å². The monoisotopic (exact) mass is 842 g/mol. The fourth-order valence-electron chi connectivity index (χ4n) is 5.94. The molecule has 44 heavy (non-hydrogen) atoms. The van der Waals surface area contributed by atoms with Gasteiger partial charge >= 0.3 is 0 Å². The lowest BCUT2D eigenvalue weighted by Crippen LogP contribution is -2.32. The van der Waals surface area contributed by atoms with Gasteiger partial charge in [-0.3, -0.25) is 0 Å². The molecular formula is C36H30Br4O4. The number of hydrogen-bond donors (Lipinski definition) is 4. The molecule has 0 aliphatic carbocycles. The van der Waals surface area contributed by atoms with E-state index in [2.05, 4.69) is 81.9 Å². The summed E-state index contributed by atoms with van der Waals surface area (Å²) in [5.74, 6) is 0.631. The van der Waals surface area contributed by atoms with Crippen LogP contribution in [0, 0.1) is 34.6 Å². The van der Waals surface area contributed by atoms with Gasteiger partial charge in [-0.15, -0.1) is 0 Å². The van der Waals surface area contributed by atoms with Gasteiger partial charge in [0, 0.05) is 0 Å². The van der Waals surface area contributed by atoms with Gasteiger partial charge in [-0.05, 0) is 184 Å². The molecule has 5 rings (SSSR count). The molecule has 0 bridgehead atoms. The molecule has 0 heterocycles. The van der Waals surface area contributed by atoms with E-state index in [-0.39, 0.29) is 23.0 Å². The van der Waals surface area contributed by atoms with E-state index >= 15 is 0 Å². The highest BCUT2D eigenvalue weighted by Gasteiger charge is 2.42. The standard InChI is InChI=1S/C36H30Br4O4/c1-17-6-7-27(26(8-17)22-9-18(2)32(41)28(37)13-22)36(23-10-19(3)33(42)29(38)14-23,24-11-20(4)34(43)30(39)15-24)25-12-21(5)35(44)31(40)16-25/h6-16,41-44H,1-5H3. The predicted octanol–water partition coefficient (Wildman–Crippen LogP) is 11.2. The molecule has 226 valence electrons. The minimum atomic E-state index is -1.04. The maximum atomic E-state index is 10.9. The van der Waals surface area contributed by atoms with Crippen molar-refractivity contribution in [2.45, 2.75) is 40.0 Å². The van der Waals surface area contributed by atoms with Crippen LogP contribution in [0.2, 0.25) is 0 Å². The Morgan fingerprint density at radius 1 is 0.455 bits per heavy atom. The summed E-state index contributed by atoms with van der Waals surface area (Å²) in [4.78, 5) is 0. The van der Waals surface area contributed by atoms with Crippen molar-refractivity contribution >= 4 is 63.7 Å². The van der Waals surface area contributed by atoms with Crippen molar-refractivity contribution in [1.29, 1.82) is 0 Å². The number of phenolic OH excluding ortho intramolecular Hbond substituents is 4. The number of benzene rings is 5. The van der Waals surface area contributed by atoms with Gasteiger partial charge < -0.3 is 20.4 Å². The molecule has 5 aromatic carbocycles. The molecule has 4 nitrogen and oxygen atoms in total. The van der Waals surface area contributed by atoms with E-state index < -0.39 is 5.41 Å². The van der Waals surface area contributed by atoms with Crippen LogP contribution in [-0.2, 0) is 5.41 Å². The average Bonchev–Trinajstić information content (AvgIpc) is 2.96. The third-order valence-electron chi connectivity index (χ3n) is 8.21. The molecule has 0 aliphatic heterocycles. The summed E-state index contributed by atoms with van der Waals surface area (Å²) in [5, 5.41) is 43.2. The van der Waals surface area contributed by atoms with E-state index in [1.807, 2.05) is 83.1 Å². The van der Waals surface area contributed by atoms with Crippen LogP contribution >= 0.6 is 63.7 Å². The smallest absolute Gasteiger partial charge is 0.132 e. The van der Waals surface area contributed by atoms with E-state index in [0.717, 1.165) is 44.5 Å². The molecule has 8 heteroatoms. The zero-order chi connectivity index (χ0) is 32.2. The summed E-state index contributed by atoms with van der Waals surface area (Å²) >= 11 is 14.4. The highest BCUT2D eigenvalue weighted by molar-refractivity contribution is 9.11. The van der Waals surface area contributed by atoms with Crippen LogP contribution in [0.4, 0.5) is 0 Å². The predicted molar refractivity (Wildman–Crippen MR) is 191 cm³/mol. The molecule has 5 aromatic rings. The van der Waals surface area contributed by atoms with Gasteiger partial charge in [0.15, 0.2) is 0 Å². The van der Waals surface area contributed by atoms with Gasteiger partial charge in [-0.2, -0.15) is 0 Å². The van der Waals surface area contributed by atoms with Gasteiger partial charge in [0.2, 0.25) is 0 Å². The molecule has 0 fully saturated rings. The summed E-state index contributed by atoms with van der Waals surface area (Å²) in [5.41, 5.74) is 8.09. The van der Waals surface area contributed by atoms with E-state index in [9.17, 15) is 20.4 Å². The van der Waals surface area contributed by atoms with Crippen molar-refractivity contribution in [3.8, 4) is 34.1 Å². The summed E-state index contributed by atoms with van der Waals surface area (Å²) in [6.45, 7) is 9.50. The molecule has 0 amide bonds. The highest BCUT2D eigenvalue weighted by Crippen LogP contribution is 2.53. The van der Waals surface area contributed by atoms with Gasteiger partial charge in [-0.25, -0.2) is 0 Å². The molecule has 0 radical (unpaired) electrons. The first-order valence-electron chi connectivity index (χ1n) is 13.8. The maximum absolute atomic E-state index is 10.9. The zero-order valence-electron chi connectivity index (χ0n) is 24.7. The topological polar surface area (TPSA) is 80.9 Å². The van der Waals surface area contributed by atoms with E-state index in [1.54, 1.807) is 0 Å². The first-order valence-corrected chi connectivity index (χ1v) is 16.9. The summed E-state index contributed by atoms with van der Waals surface area (Å²) in [6, 6.07) is 21.9. The van der Waals surface area contributed by atoms with Crippen LogP contribution in [0.15, 0.2) is 84.6 Å². The molecule has 0 atom stereocenters. The van der Waals surface area contributed by atoms with Crippen molar-refractivity contribution in [2.24, 2.45) is 0 Å². The zero-order valence-corrected chi connectivity index (χ0v) is 31.0. The Morgan fingerprint density at radius 3 is 1.18 bits per heavy atom. The SMILES string of the molecule is Cc1ccc(C(c2cc(C)c(O)c(Br)c2)(c2cc(C)c(O)c(Br)c2)c2cc(C)c(O)c(Br)c2)c(-c2cc(C)c(O)c(Br)c2)c1. The van der Waals surface area contributed by atoms with Crippen LogP contribution in [0.3, 0.4) is 0 Å². The molecule has 0 unspecified atom stereocenters. The minimum Gasteiger partial charge on any atom is -0.506 e. The first-order chi connectivity index (χ1) is 20.7. The van der Waals surface area contributed by atoms with Gasteiger partial charge in [0.1, 0.15) is 23.0 Å². The Morgan fingerprint density at radius 2 is 0.818 bits per heavy atom. The largest absolute Gasteiger partial charge is 0.506 e. The Bertz CT molecular complexity index is 1730. The maximum Gasteiger partial charge on any atom is 0.132 e. The van der Waals surface area contributed by atoms with Crippen molar-refractivity contribution in [3.63, 3.8) is 0 Å². The number of aryl methyl sites for hydroxylation is 5. The molecule has 0 aliphatic rings. The Balaban J connectivity index is 2.10. The molecule has 0 spiro atoms. The lowest BCUT2D eigenvalue weighted by Gasteiger charge is -2.39. The second-order valence-electron chi connectivity index (χ2n) is 11.3. The van der Waals surface area contributed by atoms with Crippen molar-refractivity contribution in [2.75, 3.05) is 0 Å². The Hall–Kier alpha value is -2.78. The van der Waals surface area contributed by atoms with E-state index in [1.165, 1.54) is 0 Å². The third-order valence-corrected chi connectivity index (χ3v) is 10.6. The molecule has 0 aromatic heterocycles. The third kappa shape index (κ3) is 5.48. The Kier molecular flexibility index (Phi) is 9.04. The van der Waals surface area contributed by atoms with Crippen molar-refractivity contribution in [1.82, 2.24) is 0 Å². The van der Waals surface area contributed by atoms with Crippen LogP contribution < -0.4 is 0 Å². The number of phenols is 4. The van der Waals surface area contributed by atoms with Crippen molar-refractivity contribution in [3.05, 3.63) is 135 Å².